The molecule has 0 unspecified atom stereocenters. The summed E-state index contributed by atoms with van der Waals surface area (Å²) in [5.41, 5.74) is 0. The van der Waals surface area contributed by atoms with Crippen LogP contribution in [0.4, 0.5) is 0 Å². The van der Waals surface area contributed by atoms with Crippen molar-refractivity contribution in [3.63, 3.8) is 0 Å². The van der Waals surface area contributed by atoms with Gasteiger partial charge in [-0.05, 0) is 18.3 Å². The summed E-state index contributed by atoms with van der Waals surface area (Å²) in [4.78, 5) is 25.6. The summed E-state index contributed by atoms with van der Waals surface area (Å²) >= 11 is 0. The summed E-state index contributed by atoms with van der Waals surface area (Å²) < 4.78 is 4.93. The predicted molar refractivity (Wildman–Crippen MR) is 56.3 cm³/mol. The number of likely N-dealkylation sites (tertiary alicyclic amines) is 1. The lowest BCUT2D eigenvalue weighted by Gasteiger charge is -2.16. The lowest BCUT2D eigenvalue weighted by atomic mass is 9.85. The highest BCUT2D eigenvalue weighted by Crippen LogP contribution is 2.52. The Bertz CT molecular complexity index is 346. The second kappa shape index (κ2) is 3.42. The monoisotopic (exact) mass is 221 g/mol. The third-order valence-electron chi connectivity index (χ3n) is 4.08. The lowest BCUT2D eigenvalue weighted by molar-refractivity contribution is -0.141. The largest absolute Gasteiger partial charge is 0.383 e. The number of allylic oxidation sites excluding steroid dienone is 2. The van der Waals surface area contributed by atoms with Crippen molar-refractivity contribution < 1.29 is 14.3 Å². The molecule has 0 N–H and O–H groups in total. The number of methoxy groups -OCH3 is 1. The molecule has 3 rings (SSSR count). The molecule has 2 aliphatic carbocycles. The van der Waals surface area contributed by atoms with Gasteiger partial charge in [0.15, 0.2) is 0 Å². The third-order valence-corrected chi connectivity index (χ3v) is 4.08. The van der Waals surface area contributed by atoms with Gasteiger partial charge in [-0.2, -0.15) is 0 Å². The molecule has 1 aliphatic heterocycles. The van der Waals surface area contributed by atoms with Crippen LogP contribution < -0.4 is 0 Å². The average molecular weight is 221 g/mol. The maximum atomic E-state index is 12.1. The van der Waals surface area contributed by atoms with Crippen LogP contribution in [0.5, 0.6) is 0 Å². The zero-order chi connectivity index (χ0) is 11.3. The molecule has 1 heterocycles. The summed E-state index contributed by atoms with van der Waals surface area (Å²) in [6, 6.07) is 0. The van der Waals surface area contributed by atoms with Gasteiger partial charge in [-0.25, -0.2) is 0 Å². The number of hydrogen-bond acceptors (Lipinski definition) is 3. The fraction of sp³-hybridized carbons (Fsp3) is 0.667. The normalized spacial score (nSPS) is 39.9. The smallest absolute Gasteiger partial charge is 0.233 e. The lowest BCUT2D eigenvalue weighted by Crippen LogP contribution is -2.35. The molecule has 0 spiro atoms. The highest BCUT2D eigenvalue weighted by molar-refractivity contribution is 6.06. The third kappa shape index (κ3) is 1.13. The van der Waals surface area contributed by atoms with Crippen LogP contribution in [0.3, 0.4) is 0 Å². The topological polar surface area (TPSA) is 46.6 Å². The highest BCUT2D eigenvalue weighted by Gasteiger charge is 2.58. The van der Waals surface area contributed by atoms with Gasteiger partial charge in [0.25, 0.3) is 0 Å². The Labute approximate surface area is 94.2 Å². The first kappa shape index (κ1) is 10.0. The van der Waals surface area contributed by atoms with Crippen LogP contribution in [0.1, 0.15) is 6.42 Å². The first-order valence-corrected chi connectivity index (χ1v) is 5.76. The van der Waals surface area contributed by atoms with Gasteiger partial charge >= 0.3 is 0 Å². The van der Waals surface area contributed by atoms with E-state index in [0.717, 1.165) is 6.42 Å². The molecule has 86 valence electrons. The van der Waals surface area contributed by atoms with E-state index in [1.54, 1.807) is 7.11 Å². The van der Waals surface area contributed by atoms with Gasteiger partial charge in [-0.15, -0.1) is 0 Å². The molecule has 4 atom stereocenters. The summed E-state index contributed by atoms with van der Waals surface area (Å²) in [6.07, 6.45) is 5.21. The zero-order valence-corrected chi connectivity index (χ0v) is 9.26. The molecular weight excluding hydrogens is 206 g/mol. The first-order chi connectivity index (χ1) is 7.74. The van der Waals surface area contributed by atoms with E-state index in [1.165, 1.54) is 4.90 Å². The second-order valence-electron chi connectivity index (χ2n) is 4.82. The predicted octanol–water partition coefficient (Wildman–Crippen LogP) is 0.440. The number of imide groups is 1. The van der Waals surface area contributed by atoms with E-state index in [-0.39, 0.29) is 23.7 Å². The van der Waals surface area contributed by atoms with Crippen molar-refractivity contribution in [2.24, 2.45) is 23.7 Å². The van der Waals surface area contributed by atoms with E-state index in [1.807, 2.05) is 0 Å². The van der Waals surface area contributed by atoms with Crippen LogP contribution in [0.25, 0.3) is 0 Å². The Hall–Kier alpha value is -1.16. The van der Waals surface area contributed by atoms with Gasteiger partial charge in [0.05, 0.1) is 25.0 Å². The number of carbonyl (C=O) groups is 2. The summed E-state index contributed by atoms with van der Waals surface area (Å²) in [7, 11) is 1.58. The Morgan fingerprint density at radius 1 is 1.25 bits per heavy atom. The molecule has 0 aromatic rings. The van der Waals surface area contributed by atoms with Gasteiger partial charge in [-0.3, -0.25) is 14.5 Å². The number of hydrogen-bond donors (Lipinski definition) is 0. The van der Waals surface area contributed by atoms with Gasteiger partial charge in [-0.1, -0.05) is 12.2 Å². The Morgan fingerprint density at radius 3 is 2.31 bits per heavy atom. The van der Waals surface area contributed by atoms with Crippen molar-refractivity contribution in [3.8, 4) is 0 Å². The fourth-order valence-corrected chi connectivity index (χ4v) is 3.37. The van der Waals surface area contributed by atoms with Crippen molar-refractivity contribution in [3.05, 3.63) is 12.2 Å². The van der Waals surface area contributed by atoms with E-state index in [4.69, 9.17) is 4.74 Å². The minimum Gasteiger partial charge on any atom is -0.383 e. The molecule has 3 aliphatic rings. The molecule has 2 fully saturated rings. The molecule has 4 heteroatoms. The van der Waals surface area contributed by atoms with Crippen LogP contribution in [-0.2, 0) is 14.3 Å². The second-order valence-corrected chi connectivity index (χ2v) is 4.82. The first-order valence-electron chi connectivity index (χ1n) is 5.76. The summed E-state index contributed by atoms with van der Waals surface area (Å²) in [5, 5.41) is 0. The SMILES string of the molecule is COCCN1C(=O)[C@@H]2[C@@H](C1=O)[C@H]1C=C[C@H]2C1. The molecule has 16 heavy (non-hydrogen) atoms. The maximum absolute atomic E-state index is 12.1. The number of amides is 2. The molecule has 1 saturated carbocycles. The minimum atomic E-state index is -0.0700. The quantitative estimate of drug-likeness (QED) is 0.513. The summed E-state index contributed by atoms with van der Waals surface area (Å²) in [5.74, 6) is 0.504. The van der Waals surface area contributed by atoms with E-state index in [2.05, 4.69) is 12.2 Å². The zero-order valence-electron chi connectivity index (χ0n) is 9.26. The number of carbonyl (C=O) groups excluding carboxylic acids is 2. The number of ether oxygens (including phenoxy) is 1. The minimum absolute atomic E-state index is 0.0175. The molecular formula is C12H15NO3. The Balaban J connectivity index is 1.83. The van der Waals surface area contributed by atoms with E-state index >= 15 is 0 Å². The highest BCUT2D eigenvalue weighted by atomic mass is 16.5. The maximum Gasteiger partial charge on any atom is 0.233 e. The number of rotatable bonds is 3. The van der Waals surface area contributed by atoms with Crippen LogP contribution in [0, 0.1) is 23.7 Å². The molecule has 2 bridgehead atoms. The van der Waals surface area contributed by atoms with Gasteiger partial charge < -0.3 is 4.74 Å². The van der Waals surface area contributed by atoms with Gasteiger partial charge in [0.1, 0.15) is 0 Å². The molecule has 0 aromatic carbocycles. The number of nitrogens with zero attached hydrogens (tertiary/aromatic N) is 1. The van der Waals surface area contributed by atoms with Crippen LogP contribution in [0.2, 0.25) is 0 Å². The van der Waals surface area contributed by atoms with Crippen molar-refractivity contribution in [1.82, 2.24) is 4.90 Å². The van der Waals surface area contributed by atoms with E-state index < -0.39 is 0 Å². The van der Waals surface area contributed by atoms with Gasteiger partial charge in [0, 0.05) is 7.11 Å². The molecule has 0 radical (unpaired) electrons. The number of fused-ring (bicyclic) bond motifs is 5. The molecule has 4 nitrogen and oxygen atoms in total. The molecule has 1 saturated heterocycles. The summed E-state index contributed by atoms with van der Waals surface area (Å²) in [6.45, 7) is 0.834. The van der Waals surface area contributed by atoms with E-state index in [0.29, 0.717) is 25.0 Å². The van der Waals surface area contributed by atoms with Crippen molar-refractivity contribution in [2.75, 3.05) is 20.3 Å². The molecule has 2 amide bonds. The Kier molecular flexibility index (Phi) is 2.14. The van der Waals surface area contributed by atoms with Crippen LogP contribution >= 0.6 is 0 Å². The van der Waals surface area contributed by atoms with Crippen LogP contribution in [-0.4, -0.2) is 37.0 Å². The van der Waals surface area contributed by atoms with E-state index in [9.17, 15) is 9.59 Å². The van der Waals surface area contributed by atoms with Crippen molar-refractivity contribution >= 4 is 11.8 Å². The molecule has 0 aromatic heterocycles. The standard InChI is InChI=1S/C12H15NO3/c1-16-5-4-13-11(14)9-7-2-3-8(6-7)10(9)12(13)15/h2-3,7-10H,4-6H2,1H3/t7-,8-,9-,10-/m0/s1. The average Bonchev–Trinajstić information content (AvgIpc) is 2.92. The van der Waals surface area contributed by atoms with Crippen molar-refractivity contribution in [1.29, 1.82) is 0 Å². The Morgan fingerprint density at radius 2 is 1.81 bits per heavy atom. The van der Waals surface area contributed by atoms with Gasteiger partial charge in [0.2, 0.25) is 11.8 Å². The fourth-order valence-electron chi connectivity index (χ4n) is 3.37. The van der Waals surface area contributed by atoms with Crippen LogP contribution in [0.15, 0.2) is 12.2 Å². The van der Waals surface area contributed by atoms with Crippen molar-refractivity contribution in [2.45, 2.75) is 6.42 Å².